The van der Waals surface area contributed by atoms with E-state index in [4.69, 9.17) is 5.73 Å². The molecule has 1 saturated heterocycles. The van der Waals surface area contributed by atoms with Crippen LogP contribution in [0.15, 0.2) is 51.7 Å². The number of aromatic hydroxyl groups is 1. The number of fused-ring (bicyclic) bond motifs is 1. The molecule has 3 aromatic rings. The minimum Gasteiger partial charge on any atom is -0.508 e. The van der Waals surface area contributed by atoms with E-state index < -0.39 is 46.8 Å². The van der Waals surface area contributed by atoms with Crippen molar-refractivity contribution in [2.75, 3.05) is 16.4 Å². The van der Waals surface area contributed by atoms with Crippen LogP contribution in [0.3, 0.4) is 0 Å². The molecule has 0 bridgehead atoms. The minimum absolute atomic E-state index is 0.109. The zero-order chi connectivity index (χ0) is 32.0. The van der Waals surface area contributed by atoms with E-state index in [2.05, 4.69) is 30.8 Å². The number of carboxylic acids is 1. The Bertz CT molecular complexity index is 1790. The first kappa shape index (κ1) is 30.1. The van der Waals surface area contributed by atoms with Crippen LogP contribution in [0.5, 0.6) is 5.75 Å². The smallest absolute Gasteiger partial charge is 0.352 e. The van der Waals surface area contributed by atoms with E-state index in [1.165, 1.54) is 58.7 Å². The van der Waals surface area contributed by atoms with Crippen molar-refractivity contribution in [1.29, 1.82) is 0 Å². The lowest BCUT2D eigenvalue weighted by Gasteiger charge is -2.49. The number of hydrogen-bond donors (Lipinski definition) is 5. The number of thioether (sulfide) groups is 2. The van der Waals surface area contributed by atoms with Gasteiger partial charge < -0.3 is 26.2 Å². The highest BCUT2D eigenvalue weighted by Gasteiger charge is 2.55. The normalized spacial score (nSPS) is 19.8. The summed E-state index contributed by atoms with van der Waals surface area (Å²) in [5.74, 6) is -1.89. The third-order valence-electron chi connectivity index (χ3n) is 7.48. The van der Waals surface area contributed by atoms with Gasteiger partial charge in [0.15, 0.2) is 0 Å². The number of carboxylic acid groups (broad SMARTS) is 1. The number of nitrogens with one attached hydrogen (secondary N) is 2. The van der Waals surface area contributed by atoms with E-state index >= 15 is 0 Å². The van der Waals surface area contributed by atoms with Crippen LogP contribution in [0.4, 0.5) is 10.5 Å². The number of amides is 4. The number of carbonyl (C=O) groups excluding carboxylic acids is 3. The molecule has 45 heavy (non-hydrogen) atoms. The molecule has 6 rings (SSSR count). The molecule has 19 heteroatoms. The molecule has 3 atom stereocenters. The highest BCUT2D eigenvalue weighted by Crippen LogP contribution is 2.42. The first-order valence-corrected chi connectivity index (χ1v) is 15.6. The molecule has 2 aromatic heterocycles. The van der Waals surface area contributed by atoms with Crippen LogP contribution in [0.25, 0.3) is 0 Å². The SMILES string of the molecule is Cn1nnnc1SCC1=C(C(=O)O)N2C(=O)C(NC(=O)C(c3ccc(O)cc3)N(C(N)=O)c3cnc(C4CC4)[nH]c3=O)[C@H]2SC1. The van der Waals surface area contributed by atoms with E-state index in [1.54, 1.807) is 7.05 Å². The van der Waals surface area contributed by atoms with Crippen molar-refractivity contribution in [1.82, 2.24) is 40.4 Å². The summed E-state index contributed by atoms with van der Waals surface area (Å²) in [5.41, 5.74) is 5.22. The van der Waals surface area contributed by atoms with Crippen LogP contribution in [0, 0.1) is 0 Å². The van der Waals surface area contributed by atoms with Gasteiger partial charge in [-0.15, -0.1) is 16.9 Å². The number of β-lactam (4-membered cyclic amide) rings is 1. The van der Waals surface area contributed by atoms with Gasteiger partial charge in [-0.05, 0) is 46.5 Å². The quantitative estimate of drug-likeness (QED) is 0.143. The topological polar surface area (TPSA) is 243 Å². The van der Waals surface area contributed by atoms with Crippen LogP contribution in [-0.2, 0) is 21.4 Å². The van der Waals surface area contributed by atoms with Crippen molar-refractivity contribution in [3.63, 3.8) is 0 Å². The van der Waals surface area contributed by atoms with Crippen molar-refractivity contribution in [3.05, 3.63) is 63.5 Å². The van der Waals surface area contributed by atoms with Crippen LogP contribution in [0.2, 0.25) is 0 Å². The fourth-order valence-corrected chi connectivity index (χ4v) is 7.45. The summed E-state index contributed by atoms with van der Waals surface area (Å²) >= 11 is 2.48. The molecular weight excluding hydrogens is 628 g/mol. The van der Waals surface area contributed by atoms with Crippen LogP contribution < -0.4 is 21.5 Å². The number of aromatic amines is 1. The first-order chi connectivity index (χ1) is 21.5. The number of primary amides is 1. The van der Waals surface area contributed by atoms with Gasteiger partial charge in [0.1, 0.15) is 40.4 Å². The van der Waals surface area contributed by atoms with Gasteiger partial charge in [0.25, 0.3) is 11.5 Å². The van der Waals surface area contributed by atoms with Crippen LogP contribution >= 0.6 is 23.5 Å². The fraction of sp³-hybridized carbons (Fsp3) is 0.346. The van der Waals surface area contributed by atoms with Crippen molar-refractivity contribution < 1.29 is 29.4 Å². The Morgan fingerprint density at radius 2 is 1.98 bits per heavy atom. The molecule has 6 N–H and O–H groups in total. The minimum atomic E-state index is -1.55. The Hall–Kier alpha value is -4.91. The highest BCUT2D eigenvalue weighted by atomic mass is 32.2. The number of aryl methyl sites for hydroxylation is 1. The molecule has 2 fully saturated rings. The number of carbonyl (C=O) groups is 4. The second-order valence-corrected chi connectivity index (χ2v) is 12.5. The molecule has 1 saturated carbocycles. The number of aromatic nitrogens is 6. The van der Waals surface area contributed by atoms with E-state index in [-0.39, 0.29) is 40.1 Å². The maximum atomic E-state index is 13.9. The molecule has 0 radical (unpaired) electrons. The lowest BCUT2D eigenvalue weighted by atomic mass is 10.00. The molecule has 4 heterocycles. The van der Waals surface area contributed by atoms with Gasteiger partial charge >= 0.3 is 12.0 Å². The molecule has 2 unspecified atom stereocenters. The molecule has 17 nitrogen and oxygen atoms in total. The average Bonchev–Trinajstić information content (AvgIpc) is 3.78. The number of nitrogens with zero attached hydrogens (tertiary/aromatic N) is 7. The predicted octanol–water partition coefficient (Wildman–Crippen LogP) is 0.0337. The van der Waals surface area contributed by atoms with Gasteiger partial charge in [0.05, 0.1) is 6.20 Å². The fourth-order valence-electron chi connectivity index (χ4n) is 5.12. The number of anilines is 1. The second kappa shape index (κ2) is 11.9. The molecule has 0 spiro atoms. The van der Waals surface area contributed by atoms with Crippen molar-refractivity contribution in [2.45, 2.75) is 41.4 Å². The molecule has 1 aliphatic carbocycles. The van der Waals surface area contributed by atoms with Crippen LogP contribution in [0.1, 0.15) is 36.2 Å². The van der Waals surface area contributed by atoms with Gasteiger partial charge in [-0.25, -0.2) is 19.3 Å². The summed E-state index contributed by atoms with van der Waals surface area (Å²) in [6, 6.07) is 1.51. The Labute approximate surface area is 262 Å². The van der Waals surface area contributed by atoms with Crippen LogP contribution in [-0.4, -0.2) is 92.0 Å². The first-order valence-electron chi connectivity index (χ1n) is 13.6. The number of benzene rings is 1. The van der Waals surface area contributed by atoms with Crippen molar-refractivity contribution in [3.8, 4) is 5.75 Å². The summed E-state index contributed by atoms with van der Waals surface area (Å²) in [5, 5.41) is 33.4. The Balaban J connectivity index is 1.27. The van der Waals surface area contributed by atoms with E-state index in [0.717, 1.165) is 22.6 Å². The molecule has 1 aromatic carbocycles. The average molecular weight is 655 g/mol. The zero-order valence-corrected chi connectivity index (χ0v) is 25.1. The van der Waals surface area contributed by atoms with Gasteiger partial charge in [0, 0.05) is 24.5 Å². The maximum Gasteiger partial charge on any atom is 0.352 e. The lowest BCUT2D eigenvalue weighted by molar-refractivity contribution is -0.150. The second-order valence-electron chi connectivity index (χ2n) is 10.5. The summed E-state index contributed by atoms with van der Waals surface area (Å²) in [7, 11) is 1.65. The molecular formula is C26H26N10O7S2. The third-order valence-corrected chi connectivity index (χ3v) is 9.92. The van der Waals surface area contributed by atoms with Gasteiger partial charge in [-0.2, -0.15) is 0 Å². The number of hydrogen-bond acceptors (Lipinski definition) is 12. The number of H-pyrrole nitrogens is 1. The van der Waals surface area contributed by atoms with Gasteiger partial charge in [-0.1, -0.05) is 23.9 Å². The number of rotatable bonds is 10. The maximum absolute atomic E-state index is 13.9. The van der Waals surface area contributed by atoms with E-state index in [1.807, 2.05) is 0 Å². The number of urea groups is 1. The van der Waals surface area contributed by atoms with Crippen molar-refractivity contribution >= 4 is 53.0 Å². The Morgan fingerprint density at radius 3 is 2.58 bits per heavy atom. The molecule has 4 amide bonds. The predicted molar refractivity (Wildman–Crippen MR) is 159 cm³/mol. The van der Waals surface area contributed by atoms with E-state index in [9.17, 15) is 34.2 Å². The highest BCUT2D eigenvalue weighted by molar-refractivity contribution is 8.01. The summed E-state index contributed by atoms with van der Waals surface area (Å²) < 4.78 is 1.44. The van der Waals surface area contributed by atoms with Gasteiger partial charge in [-0.3, -0.25) is 24.2 Å². The Kier molecular flexibility index (Phi) is 7.96. The largest absolute Gasteiger partial charge is 0.508 e. The Morgan fingerprint density at radius 1 is 1.24 bits per heavy atom. The third kappa shape index (κ3) is 5.70. The zero-order valence-electron chi connectivity index (χ0n) is 23.5. The summed E-state index contributed by atoms with van der Waals surface area (Å²) in [6.45, 7) is 0. The number of aliphatic carboxylic acids is 1. The lowest BCUT2D eigenvalue weighted by Crippen LogP contribution is -2.71. The number of phenols is 1. The standard InChI is InChI=1S/C26H26N10O7S2/c1-34-26(31-32-33-34)45-10-13-9-44-23-16(22(40)36(23)18(13)24(41)42)29-21(39)17(11-4-6-14(37)7-5-11)35(25(27)43)15-8-28-19(12-2-3-12)30-20(15)38/h4-8,12,16-17,23,37H,2-3,9-10H2,1H3,(H2,27,43)(H,29,39)(H,41,42)(H,28,30,38)/t16?,17?,23-/m1/s1. The number of phenolic OH excluding ortho intramolecular Hbond substituents is 1. The molecule has 2 aliphatic heterocycles. The summed E-state index contributed by atoms with van der Waals surface area (Å²) in [6.07, 6.45) is 2.90. The van der Waals surface area contributed by atoms with E-state index in [0.29, 0.717) is 16.6 Å². The van der Waals surface area contributed by atoms with Gasteiger partial charge in [0.2, 0.25) is 11.1 Å². The van der Waals surface area contributed by atoms with Crippen molar-refractivity contribution in [2.24, 2.45) is 12.8 Å². The molecule has 234 valence electrons. The number of nitrogens with two attached hydrogens (primary N) is 1. The number of tetrazole rings is 1. The monoisotopic (exact) mass is 654 g/mol. The summed E-state index contributed by atoms with van der Waals surface area (Å²) in [4.78, 5) is 74.3. The molecule has 3 aliphatic rings.